The van der Waals surface area contributed by atoms with E-state index in [-0.39, 0.29) is 11.2 Å². The predicted octanol–water partition coefficient (Wildman–Crippen LogP) is 5.26. The summed E-state index contributed by atoms with van der Waals surface area (Å²) in [5, 5.41) is 0.333. The van der Waals surface area contributed by atoms with Crippen LogP contribution in [0.3, 0.4) is 0 Å². The average molecular weight is 297 g/mol. The first-order valence-corrected chi connectivity index (χ1v) is 7.09. The molecule has 0 fully saturated rings. The molecular weight excluding hydrogens is 282 g/mol. The molecule has 19 heavy (non-hydrogen) atoms. The van der Waals surface area contributed by atoms with Gasteiger partial charge in [0.2, 0.25) is 0 Å². The first-order valence-electron chi connectivity index (χ1n) is 6.27. The molecule has 0 bridgehead atoms. The molecule has 0 heterocycles. The Morgan fingerprint density at radius 2 is 1.74 bits per heavy atom. The van der Waals surface area contributed by atoms with E-state index in [4.69, 9.17) is 23.2 Å². The van der Waals surface area contributed by atoms with Gasteiger partial charge in [-0.2, -0.15) is 0 Å². The normalized spacial score (nSPS) is 12.4. The van der Waals surface area contributed by atoms with Crippen LogP contribution in [-0.4, -0.2) is 5.38 Å². The van der Waals surface area contributed by atoms with Crippen LogP contribution in [0.15, 0.2) is 48.5 Å². The Balaban J connectivity index is 1.93. The molecule has 0 amide bonds. The van der Waals surface area contributed by atoms with Crippen LogP contribution in [0, 0.1) is 5.82 Å². The molecule has 0 aliphatic heterocycles. The van der Waals surface area contributed by atoms with E-state index < -0.39 is 0 Å². The van der Waals surface area contributed by atoms with E-state index >= 15 is 0 Å². The fraction of sp³-hybridized carbons (Fsp3) is 0.250. The van der Waals surface area contributed by atoms with Crippen LogP contribution in [0.25, 0.3) is 0 Å². The molecule has 1 unspecified atom stereocenters. The summed E-state index contributed by atoms with van der Waals surface area (Å²) in [5.41, 5.74) is 1.75. The Bertz CT molecular complexity index is 505. The molecule has 0 saturated heterocycles. The highest BCUT2D eigenvalue weighted by molar-refractivity contribution is 6.31. The van der Waals surface area contributed by atoms with E-state index in [1.807, 2.05) is 18.2 Å². The summed E-state index contributed by atoms with van der Waals surface area (Å²) in [6, 6.07) is 14.9. The van der Waals surface area contributed by atoms with Crippen LogP contribution >= 0.6 is 23.2 Å². The van der Waals surface area contributed by atoms with E-state index in [0.29, 0.717) is 17.0 Å². The number of hydrogen-bond donors (Lipinski definition) is 0. The summed E-state index contributed by atoms with van der Waals surface area (Å²) in [6.07, 6.45) is 2.15. The van der Waals surface area contributed by atoms with Gasteiger partial charge in [-0.05, 0) is 37.0 Å². The van der Waals surface area contributed by atoms with Crippen molar-refractivity contribution in [3.05, 3.63) is 70.5 Å². The Hall–Kier alpha value is -1.05. The van der Waals surface area contributed by atoms with Gasteiger partial charge >= 0.3 is 0 Å². The lowest BCUT2D eigenvalue weighted by atomic mass is 10.0. The second-order valence-electron chi connectivity index (χ2n) is 4.53. The lowest BCUT2D eigenvalue weighted by Gasteiger charge is -2.11. The van der Waals surface area contributed by atoms with Gasteiger partial charge in [-0.3, -0.25) is 0 Å². The van der Waals surface area contributed by atoms with E-state index in [0.717, 1.165) is 12.8 Å². The zero-order chi connectivity index (χ0) is 13.7. The van der Waals surface area contributed by atoms with Crippen LogP contribution in [0.2, 0.25) is 5.02 Å². The van der Waals surface area contributed by atoms with Crippen molar-refractivity contribution in [3.8, 4) is 0 Å². The first kappa shape index (κ1) is 14.4. The van der Waals surface area contributed by atoms with Gasteiger partial charge in [0.15, 0.2) is 0 Å². The zero-order valence-electron chi connectivity index (χ0n) is 10.5. The van der Waals surface area contributed by atoms with E-state index in [2.05, 4.69) is 12.1 Å². The highest BCUT2D eigenvalue weighted by Gasteiger charge is 2.12. The van der Waals surface area contributed by atoms with Crippen molar-refractivity contribution in [3.63, 3.8) is 0 Å². The average Bonchev–Trinajstić information content (AvgIpc) is 2.42. The molecule has 0 aromatic heterocycles. The van der Waals surface area contributed by atoms with Gasteiger partial charge < -0.3 is 0 Å². The number of benzene rings is 2. The molecule has 0 spiro atoms. The third kappa shape index (κ3) is 4.22. The maximum atomic E-state index is 13.6. The molecule has 2 aromatic rings. The minimum atomic E-state index is -0.280. The summed E-state index contributed by atoms with van der Waals surface area (Å²) in [4.78, 5) is 0. The van der Waals surface area contributed by atoms with Crippen LogP contribution < -0.4 is 0 Å². The summed E-state index contributed by atoms with van der Waals surface area (Å²) < 4.78 is 13.6. The second kappa shape index (κ2) is 6.93. The molecule has 2 rings (SSSR count). The largest absolute Gasteiger partial charge is 0.207 e. The summed E-state index contributed by atoms with van der Waals surface area (Å²) in [5.74, 6) is -0.280. The summed E-state index contributed by atoms with van der Waals surface area (Å²) in [7, 11) is 0. The third-order valence-corrected chi connectivity index (χ3v) is 3.80. The Kier molecular flexibility index (Phi) is 5.24. The van der Waals surface area contributed by atoms with Gasteiger partial charge in [0.1, 0.15) is 5.82 Å². The second-order valence-corrected chi connectivity index (χ2v) is 5.55. The van der Waals surface area contributed by atoms with Gasteiger partial charge in [0.25, 0.3) is 0 Å². The minimum absolute atomic E-state index is 0.116. The van der Waals surface area contributed by atoms with E-state index in [9.17, 15) is 4.39 Å². The molecule has 0 aliphatic rings. The molecular formula is C16H15Cl2F. The highest BCUT2D eigenvalue weighted by atomic mass is 35.5. The van der Waals surface area contributed by atoms with Gasteiger partial charge in [-0.15, -0.1) is 11.6 Å². The topological polar surface area (TPSA) is 0 Å². The maximum Gasteiger partial charge on any atom is 0.127 e. The SMILES string of the molecule is Fc1cccc(Cl)c1CC(Cl)CCc1ccccc1. The van der Waals surface area contributed by atoms with Gasteiger partial charge in [-0.1, -0.05) is 48.0 Å². The van der Waals surface area contributed by atoms with Gasteiger partial charge in [0.05, 0.1) is 0 Å². The fourth-order valence-electron chi connectivity index (χ4n) is 2.02. The maximum absolute atomic E-state index is 13.6. The number of alkyl halides is 1. The Morgan fingerprint density at radius 1 is 1.00 bits per heavy atom. The number of aryl methyl sites for hydroxylation is 1. The molecule has 0 saturated carbocycles. The standard InChI is InChI=1S/C16H15Cl2F/c17-13(10-9-12-5-2-1-3-6-12)11-14-15(18)7-4-8-16(14)19/h1-8,13H,9-11H2. The molecule has 0 aliphatic carbocycles. The summed E-state index contributed by atoms with van der Waals surface area (Å²) in [6.45, 7) is 0. The molecule has 0 nitrogen and oxygen atoms in total. The zero-order valence-corrected chi connectivity index (χ0v) is 12.0. The number of rotatable bonds is 5. The third-order valence-electron chi connectivity index (χ3n) is 3.08. The van der Waals surface area contributed by atoms with E-state index in [1.165, 1.54) is 11.6 Å². The van der Waals surface area contributed by atoms with Crippen molar-refractivity contribution in [2.45, 2.75) is 24.6 Å². The van der Waals surface area contributed by atoms with Crippen molar-refractivity contribution < 1.29 is 4.39 Å². The fourth-order valence-corrected chi connectivity index (χ4v) is 2.52. The molecule has 0 radical (unpaired) electrons. The summed E-state index contributed by atoms with van der Waals surface area (Å²) >= 11 is 12.3. The molecule has 2 aromatic carbocycles. The van der Waals surface area contributed by atoms with Gasteiger partial charge in [-0.25, -0.2) is 4.39 Å². The minimum Gasteiger partial charge on any atom is -0.207 e. The van der Waals surface area contributed by atoms with Crippen LogP contribution in [0.5, 0.6) is 0 Å². The molecule has 1 atom stereocenters. The monoisotopic (exact) mass is 296 g/mol. The number of halogens is 3. The lowest BCUT2D eigenvalue weighted by Crippen LogP contribution is -2.07. The van der Waals surface area contributed by atoms with Crippen LogP contribution in [0.4, 0.5) is 4.39 Å². The molecule has 0 N–H and O–H groups in total. The highest BCUT2D eigenvalue weighted by Crippen LogP contribution is 2.23. The number of hydrogen-bond acceptors (Lipinski definition) is 0. The molecule has 100 valence electrons. The van der Waals surface area contributed by atoms with Crippen molar-refractivity contribution in [1.29, 1.82) is 0 Å². The lowest BCUT2D eigenvalue weighted by molar-refractivity contribution is 0.601. The van der Waals surface area contributed by atoms with Crippen molar-refractivity contribution in [1.82, 2.24) is 0 Å². The van der Waals surface area contributed by atoms with Gasteiger partial charge in [0, 0.05) is 16.0 Å². The Labute approximate surface area is 123 Å². The first-order chi connectivity index (χ1) is 9.16. The smallest absolute Gasteiger partial charge is 0.127 e. The van der Waals surface area contributed by atoms with Crippen molar-refractivity contribution in [2.75, 3.05) is 0 Å². The van der Waals surface area contributed by atoms with Crippen LogP contribution in [-0.2, 0) is 12.8 Å². The predicted molar refractivity (Wildman–Crippen MR) is 79.5 cm³/mol. The van der Waals surface area contributed by atoms with Crippen molar-refractivity contribution in [2.24, 2.45) is 0 Å². The molecule has 3 heteroatoms. The van der Waals surface area contributed by atoms with Crippen LogP contribution in [0.1, 0.15) is 17.5 Å². The Morgan fingerprint density at radius 3 is 2.42 bits per heavy atom. The van der Waals surface area contributed by atoms with E-state index in [1.54, 1.807) is 12.1 Å². The quantitative estimate of drug-likeness (QED) is 0.660. The van der Waals surface area contributed by atoms with Crippen molar-refractivity contribution >= 4 is 23.2 Å².